The summed E-state index contributed by atoms with van der Waals surface area (Å²) in [4.78, 5) is 30.1. The molecule has 4 nitrogen and oxygen atoms in total. The molecular weight excluding hydrogens is 403 g/mol. The Morgan fingerprint density at radius 2 is 1.60 bits per heavy atom. The minimum absolute atomic E-state index is 0.0406. The fourth-order valence-electron chi connectivity index (χ4n) is 4.61. The Hall–Kier alpha value is -2.40. The first-order valence-electron chi connectivity index (χ1n) is 10.6. The molecule has 2 amide bonds. The highest BCUT2D eigenvalue weighted by Crippen LogP contribution is 2.34. The second-order valence-corrected chi connectivity index (χ2v) is 8.56. The van der Waals surface area contributed by atoms with E-state index in [1.54, 1.807) is 29.2 Å². The standard InChI is InChI=1S/C24H26ClFN2O2/c25-20-13-7-5-9-17(20)15-28-22(29)16-27(18-10-3-1-2-4-11-18)24(30)23(28)19-12-6-8-14-21(19)26/h5-9,12-14,18,23H,1-4,10-11,15-16H2. The lowest BCUT2D eigenvalue weighted by Crippen LogP contribution is -2.58. The summed E-state index contributed by atoms with van der Waals surface area (Å²) in [7, 11) is 0. The van der Waals surface area contributed by atoms with E-state index in [1.807, 2.05) is 18.2 Å². The summed E-state index contributed by atoms with van der Waals surface area (Å²) in [6, 6.07) is 12.5. The van der Waals surface area contributed by atoms with Crippen LogP contribution < -0.4 is 0 Å². The second-order valence-electron chi connectivity index (χ2n) is 8.15. The number of halogens is 2. The van der Waals surface area contributed by atoms with Crippen LogP contribution in [-0.4, -0.2) is 34.2 Å². The molecule has 1 aliphatic carbocycles. The van der Waals surface area contributed by atoms with Gasteiger partial charge in [0.15, 0.2) is 0 Å². The van der Waals surface area contributed by atoms with Crippen molar-refractivity contribution in [3.63, 3.8) is 0 Å². The molecule has 0 aromatic heterocycles. The maximum Gasteiger partial charge on any atom is 0.250 e. The summed E-state index contributed by atoms with van der Waals surface area (Å²) in [5, 5.41) is 0.524. The molecule has 30 heavy (non-hydrogen) atoms. The van der Waals surface area contributed by atoms with Crippen molar-refractivity contribution in [1.29, 1.82) is 0 Å². The molecule has 2 fully saturated rings. The predicted octanol–water partition coefficient (Wildman–Crippen LogP) is 5.11. The van der Waals surface area contributed by atoms with Crippen LogP contribution in [0.15, 0.2) is 48.5 Å². The normalized spacial score (nSPS) is 21.1. The maximum atomic E-state index is 14.8. The second kappa shape index (κ2) is 9.17. The van der Waals surface area contributed by atoms with Crippen molar-refractivity contribution in [2.24, 2.45) is 0 Å². The fraction of sp³-hybridized carbons (Fsp3) is 0.417. The first-order chi connectivity index (χ1) is 14.6. The van der Waals surface area contributed by atoms with Crippen LogP contribution in [0.5, 0.6) is 0 Å². The molecule has 1 heterocycles. The number of carbonyl (C=O) groups excluding carboxylic acids is 2. The van der Waals surface area contributed by atoms with E-state index in [4.69, 9.17) is 11.6 Å². The van der Waals surface area contributed by atoms with Gasteiger partial charge in [-0.15, -0.1) is 0 Å². The molecule has 2 aliphatic rings. The molecule has 0 N–H and O–H groups in total. The Labute approximate surface area is 181 Å². The number of rotatable bonds is 4. The topological polar surface area (TPSA) is 40.6 Å². The van der Waals surface area contributed by atoms with Crippen molar-refractivity contribution in [1.82, 2.24) is 9.80 Å². The third-order valence-electron chi connectivity index (χ3n) is 6.22. The van der Waals surface area contributed by atoms with Crippen molar-refractivity contribution in [3.8, 4) is 0 Å². The van der Waals surface area contributed by atoms with Gasteiger partial charge < -0.3 is 9.80 Å². The minimum Gasteiger partial charge on any atom is -0.328 e. The SMILES string of the molecule is O=C1C(c2ccccc2F)N(Cc2ccccc2Cl)C(=O)CN1C1CCCCCC1. The van der Waals surface area contributed by atoms with Gasteiger partial charge in [0.05, 0.1) is 0 Å². The number of benzene rings is 2. The number of hydrogen-bond acceptors (Lipinski definition) is 2. The minimum atomic E-state index is -0.980. The van der Waals surface area contributed by atoms with Crippen LogP contribution in [0.3, 0.4) is 0 Å². The Morgan fingerprint density at radius 1 is 0.933 bits per heavy atom. The van der Waals surface area contributed by atoms with Gasteiger partial charge in [0, 0.05) is 23.2 Å². The molecule has 0 spiro atoms. The van der Waals surface area contributed by atoms with Gasteiger partial charge in [-0.25, -0.2) is 4.39 Å². The van der Waals surface area contributed by atoms with Gasteiger partial charge in [0.2, 0.25) is 5.91 Å². The van der Waals surface area contributed by atoms with E-state index in [2.05, 4.69) is 0 Å². The zero-order valence-electron chi connectivity index (χ0n) is 16.9. The van der Waals surface area contributed by atoms with Crippen LogP contribution in [-0.2, 0) is 16.1 Å². The maximum absolute atomic E-state index is 14.8. The molecule has 1 unspecified atom stereocenters. The van der Waals surface area contributed by atoms with Crippen molar-refractivity contribution in [3.05, 3.63) is 70.5 Å². The highest BCUT2D eigenvalue weighted by Gasteiger charge is 2.43. The molecule has 0 bridgehead atoms. The number of piperazine rings is 1. The van der Waals surface area contributed by atoms with E-state index in [-0.39, 0.29) is 36.5 Å². The predicted molar refractivity (Wildman–Crippen MR) is 114 cm³/mol. The van der Waals surface area contributed by atoms with Crippen LogP contribution in [0.25, 0.3) is 0 Å². The smallest absolute Gasteiger partial charge is 0.250 e. The van der Waals surface area contributed by atoms with Gasteiger partial charge in [-0.2, -0.15) is 0 Å². The van der Waals surface area contributed by atoms with E-state index < -0.39 is 11.9 Å². The van der Waals surface area contributed by atoms with Crippen LogP contribution in [0.2, 0.25) is 5.02 Å². The van der Waals surface area contributed by atoms with Crippen molar-refractivity contribution < 1.29 is 14.0 Å². The van der Waals surface area contributed by atoms with Crippen LogP contribution in [0, 0.1) is 5.82 Å². The van der Waals surface area contributed by atoms with Crippen molar-refractivity contribution in [2.45, 2.75) is 57.2 Å². The molecule has 1 saturated heterocycles. The van der Waals surface area contributed by atoms with E-state index in [1.165, 1.54) is 11.0 Å². The first kappa shape index (κ1) is 20.9. The summed E-state index contributed by atoms with van der Waals surface area (Å²) < 4.78 is 14.8. The highest BCUT2D eigenvalue weighted by atomic mass is 35.5. The summed E-state index contributed by atoms with van der Waals surface area (Å²) in [6.07, 6.45) is 6.21. The lowest BCUT2D eigenvalue weighted by atomic mass is 9.96. The van der Waals surface area contributed by atoms with Gasteiger partial charge in [-0.3, -0.25) is 9.59 Å². The van der Waals surface area contributed by atoms with Gasteiger partial charge in [-0.05, 0) is 30.5 Å². The summed E-state index contributed by atoms with van der Waals surface area (Å²) >= 11 is 6.31. The molecule has 2 aromatic carbocycles. The Balaban J connectivity index is 1.71. The number of amides is 2. The molecule has 2 aromatic rings. The zero-order chi connectivity index (χ0) is 21.1. The summed E-state index contributed by atoms with van der Waals surface area (Å²) in [6.45, 7) is 0.209. The number of hydrogen-bond donors (Lipinski definition) is 0. The largest absolute Gasteiger partial charge is 0.328 e. The van der Waals surface area contributed by atoms with E-state index in [0.29, 0.717) is 5.02 Å². The molecule has 6 heteroatoms. The number of carbonyl (C=O) groups is 2. The summed E-state index contributed by atoms with van der Waals surface area (Å²) in [5.74, 6) is -0.846. The molecule has 0 radical (unpaired) electrons. The van der Waals surface area contributed by atoms with E-state index >= 15 is 0 Å². The van der Waals surface area contributed by atoms with Crippen LogP contribution in [0.1, 0.15) is 55.7 Å². The average molecular weight is 429 g/mol. The zero-order valence-corrected chi connectivity index (χ0v) is 17.7. The molecular formula is C24H26ClFN2O2. The lowest BCUT2D eigenvalue weighted by Gasteiger charge is -2.43. The van der Waals surface area contributed by atoms with Gasteiger partial charge >= 0.3 is 0 Å². The Kier molecular flexibility index (Phi) is 6.38. The van der Waals surface area contributed by atoms with E-state index in [9.17, 15) is 14.0 Å². The number of nitrogens with zero attached hydrogens (tertiary/aromatic N) is 2. The van der Waals surface area contributed by atoms with Crippen LogP contribution >= 0.6 is 11.6 Å². The average Bonchev–Trinajstić information content (AvgIpc) is 3.02. The fourth-order valence-corrected chi connectivity index (χ4v) is 4.81. The Morgan fingerprint density at radius 3 is 2.30 bits per heavy atom. The van der Waals surface area contributed by atoms with Crippen molar-refractivity contribution >= 4 is 23.4 Å². The lowest BCUT2D eigenvalue weighted by molar-refractivity contribution is -0.159. The molecule has 1 saturated carbocycles. The molecule has 1 aliphatic heterocycles. The van der Waals surface area contributed by atoms with Gasteiger partial charge in [0.1, 0.15) is 18.4 Å². The quantitative estimate of drug-likeness (QED) is 0.634. The molecule has 4 rings (SSSR count). The highest BCUT2D eigenvalue weighted by molar-refractivity contribution is 6.31. The first-order valence-corrected chi connectivity index (χ1v) is 11.0. The third kappa shape index (κ3) is 4.22. The molecule has 1 atom stereocenters. The van der Waals surface area contributed by atoms with E-state index in [0.717, 1.165) is 44.1 Å². The third-order valence-corrected chi connectivity index (χ3v) is 6.59. The van der Waals surface area contributed by atoms with Crippen LogP contribution in [0.4, 0.5) is 4.39 Å². The van der Waals surface area contributed by atoms with Crippen molar-refractivity contribution in [2.75, 3.05) is 6.54 Å². The van der Waals surface area contributed by atoms with Gasteiger partial charge in [0.25, 0.3) is 5.91 Å². The van der Waals surface area contributed by atoms with Gasteiger partial charge in [-0.1, -0.05) is 73.7 Å². The summed E-state index contributed by atoms with van der Waals surface area (Å²) in [5.41, 5.74) is 0.978. The monoisotopic (exact) mass is 428 g/mol. The Bertz CT molecular complexity index is 927. The molecule has 158 valence electrons.